The summed E-state index contributed by atoms with van der Waals surface area (Å²) < 4.78 is 5.53. The van der Waals surface area contributed by atoms with Crippen LogP contribution in [0.5, 0.6) is 5.75 Å². The Kier molecular flexibility index (Phi) is 2.11. The summed E-state index contributed by atoms with van der Waals surface area (Å²) in [6, 6.07) is 5.18. The molecule has 1 aromatic heterocycles. The number of rotatable bonds is 1. The fourth-order valence-electron chi connectivity index (χ4n) is 2.28. The first-order valence-electron chi connectivity index (χ1n) is 5.54. The van der Waals surface area contributed by atoms with Crippen molar-refractivity contribution in [3.8, 4) is 5.75 Å². The van der Waals surface area contributed by atoms with E-state index in [2.05, 4.69) is 16.9 Å². The SMILES string of the molecule is CC1OCCC1c1nc2ccc(O)cc2[nH]1. The normalized spacial score (nSPS) is 25.3. The highest BCUT2D eigenvalue weighted by Crippen LogP contribution is 2.30. The van der Waals surface area contributed by atoms with Gasteiger partial charge in [-0.2, -0.15) is 0 Å². The molecule has 1 fully saturated rings. The number of hydrogen-bond donors (Lipinski definition) is 2. The molecule has 0 amide bonds. The second-order valence-corrected chi connectivity index (χ2v) is 4.29. The van der Waals surface area contributed by atoms with Crippen molar-refractivity contribution in [3.05, 3.63) is 24.0 Å². The molecule has 0 spiro atoms. The van der Waals surface area contributed by atoms with Crippen LogP contribution >= 0.6 is 0 Å². The number of aromatic nitrogens is 2. The predicted octanol–water partition coefficient (Wildman–Crippen LogP) is 2.16. The lowest BCUT2D eigenvalue weighted by Gasteiger charge is -2.09. The van der Waals surface area contributed by atoms with Crippen LogP contribution in [-0.2, 0) is 4.74 Å². The fraction of sp³-hybridized carbons (Fsp3) is 0.417. The Morgan fingerprint density at radius 1 is 1.50 bits per heavy atom. The number of phenolic OH excluding ortho intramolecular Hbond substituents is 1. The van der Waals surface area contributed by atoms with E-state index in [0.29, 0.717) is 5.92 Å². The second kappa shape index (κ2) is 3.49. The van der Waals surface area contributed by atoms with E-state index in [1.807, 2.05) is 6.07 Å². The summed E-state index contributed by atoms with van der Waals surface area (Å²) >= 11 is 0. The Balaban J connectivity index is 2.04. The van der Waals surface area contributed by atoms with Crippen LogP contribution < -0.4 is 0 Å². The third-order valence-electron chi connectivity index (χ3n) is 3.21. The summed E-state index contributed by atoms with van der Waals surface area (Å²) in [7, 11) is 0. The molecule has 2 N–H and O–H groups in total. The van der Waals surface area contributed by atoms with Gasteiger partial charge in [0.1, 0.15) is 11.6 Å². The zero-order valence-electron chi connectivity index (χ0n) is 9.10. The van der Waals surface area contributed by atoms with E-state index in [0.717, 1.165) is 29.9 Å². The first kappa shape index (κ1) is 9.66. The molecule has 1 aromatic carbocycles. The lowest BCUT2D eigenvalue weighted by atomic mass is 10.0. The monoisotopic (exact) mass is 218 g/mol. The molecule has 16 heavy (non-hydrogen) atoms. The molecule has 1 aliphatic heterocycles. The summed E-state index contributed by atoms with van der Waals surface area (Å²) in [5.74, 6) is 1.57. The van der Waals surface area contributed by atoms with Crippen LogP contribution in [0.3, 0.4) is 0 Å². The van der Waals surface area contributed by atoms with Gasteiger partial charge in [-0.15, -0.1) is 0 Å². The number of ether oxygens (including phenoxy) is 1. The van der Waals surface area contributed by atoms with E-state index >= 15 is 0 Å². The Hall–Kier alpha value is -1.55. The summed E-state index contributed by atoms with van der Waals surface area (Å²) in [6.45, 7) is 2.87. The van der Waals surface area contributed by atoms with Crippen molar-refractivity contribution in [2.24, 2.45) is 0 Å². The number of benzene rings is 1. The van der Waals surface area contributed by atoms with Crippen LogP contribution in [-0.4, -0.2) is 27.8 Å². The molecule has 2 unspecified atom stereocenters. The van der Waals surface area contributed by atoms with Crippen LogP contribution in [0.4, 0.5) is 0 Å². The quantitative estimate of drug-likeness (QED) is 0.771. The molecule has 4 heteroatoms. The number of nitrogens with zero attached hydrogens (tertiary/aromatic N) is 1. The van der Waals surface area contributed by atoms with Crippen molar-refractivity contribution in [3.63, 3.8) is 0 Å². The Bertz CT molecular complexity index is 521. The van der Waals surface area contributed by atoms with Crippen LogP contribution in [0, 0.1) is 0 Å². The Labute approximate surface area is 93.3 Å². The zero-order valence-corrected chi connectivity index (χ0v) is 9.10. The highest BCUT2D eigenvalue weighted by molar-refractivity contribution is 5.76. The molecule has 2 heterocycles. The topological polar surface area (TPSA) is 58.1 Å². The van der Waals surface area contributed by atoms with Gasteiger partial charge in [0.2, 0.25) is 0 Å². The molecule has 2 aromatic rings. The number of aromatic hydroxyl groups is 1. The average molecular weight is 218 g/mol. The molecule has 0 aliphatic carbocycles. The van der Waals surface area contributed by atoms with Gasteiger partial charge in [0, 0.05) is 18.6 Å². The first-order chi connectivity index (χ1) is 7.74. The molecular weight excluding hydrogens is 204 g/mol. The van der Waals surface area contributed by atoms with E-state index in [4.69, 9.17) is 4.74 Å². The summed E-state index contributed by atoms with van der Waals surface area (Å²) in [5, 5.41) is 9.38. The number of aromatic amines is 1. The van der Waals surface area contributed by atoms with E-state index < -0.39 is 0 Å². The van der Waals surface area contributed by atoms with Crippen molar-refractivity contribution in [1.29, 1.82) is 0 Å². The molecule has 1 aliphatic rings. The number of imidazole rings is 1. The third kappa shape index (κ3) is 1.46. The Morgan fingerprint density at radius 3 is 3.12 bits per heavy atom. The van der Waals surface area contributed by atoms with Crippen molar-refractivity contribution in [2.75, 3.05) is 6.61 Å². The van der Waals surface area contributed by atoms with E-state index in [9.17, 15) is 5.11 Å². The van der Waals surface area contributed by atoms with Gasteiger partial charge in [0.05, 0.1) is 17.1 Å². The van der Waals surface area contributed by atoms with Crippen LogP contribution in [0.15, 0.2) is 18.2 Å². The largest absolute Gasteiger partial charge is 0.508 e. The molecule has 84 valence electrons. The molecule has 2 atom stereocenters. The molecule has 0 bridgehead atoms. The molecule has 0 saturated carbocycles. The van der Waals surface area contributed by atoms with Gasteiger partial charge in [-0.25, -0.2) is 4.98 Å². The number of nitrogens with one attached hydrogen (secondary N) is 1. The fourth-order valence-corrected chi connectivity index (χ4v) is 2.28. The second-order valence-electron chi connectivity index (χ2n) is 4.29. The van der Waals surface area contributed by atoms with Gasteiger partial charge in [-0.3, -0.25) is 0 Å². The van der Waals surface area contributed by atoms with Gasteiger partial charge in [0.15, 0.2) is 0 Å². The van der Waals surface area contributed by atoms with E-state index in [1.54, 1.807) is 12.1 Å². The molecular formula is C12H14N2O2. The summed E-state index contributed by atoms with van der Waals surface area (Å²) in [5.41, 5.74) is 1.78. The van der Waals surface area contributed by atoms with Crippen molar-refractivity contribution in [2.45, 2.75) is 25.4 Å². The van der Waals surface area contributed by atoms with Crippen molar-refractivity contribution < 1.29 is 9.84 Å². The maximum atomic E-state index is 9.38. The minimum atomic E-state index is 0.217. The van der Waals surface area contributed by atoms with Gasteiger partial charge in [-0.05, 0) is 25.5 Å². The smallest absolute Gasteiger partial charge is 0.117 e. The first-order valence-corrected chi connectivity index (χ1v) is 5.54. The van der Waals surface area contributed by atoms with Gasteiger partial charge in [0.25, 0.3) is 0 Å². The standard InChI is InChI=1S/C12H14N2O2/c1-7-9(4-5-16-7)12-13-10-3-2-8(15)6-11(10)14-12/h2-3,6-7,9,15H,4-5H2,1H3,(H,13,14). The van der Waals surface area contributed by atoms with Gasteiger partial charge in [-0.1, -0.05) is 0 Å². The van der Waals surface area contributed by atoms with Gasteiger partial charge >= 0.3 is 0 Å². The number of H-pyrrole nitrogens is 1. The minimum Gasteiger partial charge on any atom is -0.508 e. The average Bonchev–Trinajstić information content (AvgIpc) is 2.82. The summed E-state index contributed by atoms with van der Waals surface area (Å²) in [4.78, 5) is 7.80. The lowest BCUT2D eigenvalue weighted by molar-refractivity contribution is 0.117. The van der Waals surface area contributed by atoms with Gasteiger partial charge < -0.3 is 14.8 Å². The number of fused-ring (bicyclic) bond motifs is 1. The van der Waals surface area contributed by atoms with Crippen LogP contribution in [0.2, 0.25) is 0 Å². The maximum Gasteiger partial charge on any atom is 0.117 e. The van der Waals surface area contributed by atoms with Crippen LogP contribution in [0.1, 0.15) is 25.1 Å². The molecule has 3 rings (SSSR count). The van der Waals surface area contributed by atoms with Crippen molar-refractivity contribution in [1.82, 2.24) is 9.97 Å². The van der Waals surface area contributed by atoms with Crippen molar-refractivity contribution >= 4 is 11.0 Å². The molecule has 1 saturated heterocycles. The number of phenols is 1. The maximum absolute atomic E-state index is 9.38. The highest BCUT2D eigenvalue weighted by atomic mass is 16.5. The Morgan fingerprint density at radius 2 is 2.38 bits per heavy atom. The predicted molar refractivity (Wildman–Crippen MR) is 60.5 cm³/mol. The number of hydrogen-bond acceptors (Lipinski definition) is 3. The van der Waals surface area contributed by atoms with E-state index in [1.165, 1.54) is 0 Å². The lowest BCUT2D eigenvalue weighted by Crippen LogP contribution is -2.10. The van der Waals surface area contributed by atoms with E-state index in [-0.39, 0.29) is 11.9 Å². The summed E-state index contributed by atoms with van der Waals surface area (Å²) in [6.07, 6.45) is 1.22. The van der Waals surface area contributed by atoms with Crippen LogP contribution in [0.25, 0.3) is 11.0 Å². The molecule has 0 radical (unpaired) electrons. The zero-order chi connectivity index (χ0) is 11.1. The highest BCUT2D eigenvalue weighted by Gasteiger charge is 2.28. The molecule has 4 nitrogen and oxygen atoms in total. The minimum absolute atomic E-state index is 0.217. The third-order valence-corrected chi connectivity index (χ3v) is 3.21.